The van der Waals surface area contributed by atoms with E-state index in [0.29, 0.717) is 22.2 Å². The second-order valence-corrected chi connectivity index (χ2v) is 6.10. The molecule has 9 nitrogen and oxygen atoms in total. The summed E-state index contributed by atoms with van der Waals surface area (Å²) >= 11 is 0. The summed E-state index contributed by atoms with van der Waals surface area (Å²) in [6, 6.07) is 13.5. The first-order valence-corrected chi connectivity index (χ1v) is 7.99. The Labute approximate surface area is 156 Å². The van der Waals surface area contributed by atoms with Crippen LogP contribution in [-0.2, 0) is 0 Å². The van der Waals surface area contributed by atoms with E-state index in [1.54, 1.807) is 24.3 Å². The SMILES string of the molecule is Nc1ccc(-c2cc(N)c(NN([O-])c3cc(N)c(N)c(N)c3)c(N)c2)cc1. The van der Waals surface area contributed by atoms with Gasteiger partial charge in [-0.1, -0.05) is 12.1 Å². The number of rotatable bonds is 4. The number of nitrogens with two attached hydrogens (primary N) is 6. The van der Waals surface area contributed by atoms with Crippen LogP contribution in [0.25, 0.3) is 11.1 Å². The third-order valence-electron chi connectivity index (χ3n) is 4.12. The highest BCUT2D eigenvalue weighted by molar-refractivity contribution is 5.88. The second-order valence-electron chi connectivity index (χ2n) is 6.10. The fourth-order valence-electron chi connectivity index (χ4n) is 2.62. The zero-order valence-corrected chi connectivity index (χ0v) is 14.4. The Kier molecular flexibility index (Phi) is 4.44. The molecule has 0 aromatic heterocycles. The van der Waals surface area contributed by atoms with Crippen LogP contribution in [0, 0.1) is 5.21 Å². The van der Waals surface area contributed by atoms with Crippen molar-refractivity contribution < 1.29 is 0 Å². The van der Waals surface area contributed by atoms with Gasteiger partial charge in [-0.05, 0) is 47.5 Å². The lowest BCUT2D eigenvalue weighted by molar-refractivity contribution is 1.17. The lowest BCUT2D eigenvalue weighted by Crippen LogP contribution is -2.24. The second kappa shape index (κ2) is 6.73. The molecule has 0 aliphatic heterocycles. The molecule has 0 atom stereocenters. The summed E-state index contributed by atoms with van der Waals surface area (Å²) in [7, 11) is 0. The van der Waals surface area contributed by atoms with Gasteiger partial charge in [0.2, 0.25) is 0 Å². The van der Waals surface area contributed by atoms with Crippen molar-refractivity contribution in [3.8, 4) is 11.1 Å². The number of nitrogens with zero attached hydrogens (tertiary/aromatic N) is 1. The first kappa shape index (κ1) is 17.8. The van der Waals surface area contributed by atoms with Crippen molar-refractivity contribution in [2.45, 2.75) is 0 Å². The van der Waals surface area contributed by atoms with Crippen LogP contribution >= 0.6 is 0 Å². The molecule has 0 saturated carbocycles. The first-order chi connectivity index (χ1) is 12.8. The zero-order chi connectivity index (χ0) is 19.7. The minimum absolute atomic E-state index is 0.167. The maximum Gasteiger partial charge on any atom is 0.0994 e. The molecular weight excluding hydrogens is 344 g/mol. The fourth-order valence-corrected chi connectivity index (χ4v) is 2.62. The van der Waals surface area contributed by atoms with Gasteiger partial charge in [0.15, 0.2) is 0 Å². The molecule has 9 heteroatoms. The van der Waals surface area contributed by atoms with E-state index in [1.807, 2.05) is 12.1 Å². The van der Waals surface area contributed by atoms with Crippen molar-refractivity contribution in [2.24, 2.45) is 0 Å². The van der Waals surface area contributed by atoms with Gasteiger partial charge in [0.1, 0.15) is 0 Å². The van der Waals surface area contributed by atoms with Crippen molar-refractivity contribution in [1.82, 2.24) is 0 Å². The Morgan fingerprint density at radius 3 is 1.70 bits per heavy atom. The van der Waals surface area contributed by atoms with Crippen molar-refractivity contribution in [3.63, 3.8) is 0 Å². The first-order valence-electron chi connectivity index (χ1n) is 7.99. The van der Waals surface area contributed by atoms with Crippen LogP contribution in [0.15, 0.2) is 48.5 Å². The van der Waals surface area contributed by atoms with Gasteiger partial charge in [-0.15, -0.1) is 0 Å². The molecule has 3 rings (SSSR count). The van der Waals surface area contributed by atoms with Gasteiger partial charge in [-0.3, -0.25) is 0 Å². The third-order valence-corrected chi connectivity index (χ3v) is 4.12. The predicted octanol–water partition coefficient (Wildman–Crippen LogP) is 2.18. The van der Waals surface area contributed by atoms with Crippen molar-refractivity contribution in [1.29, 1.82) is 0 Å². The Balaban J connectivity index is 1.90. The van der Waals surface area contributed by atoms with Crippen molar-refractivity contribution >= 4 is 45.5 Å². The molecule has 0 aliphatic rings. The van der Waals surface area contributed by atoms with Gasteiger partial charge >= 0.3 is 0 Å². The summed E-state index contributed by atoms with van der Waals surface area (Å²) in [5, 5.41) is 12.9. The zero-order valence-electron chi connectivity index (χ0n) is 14.4. The molecule has 140 valence electrons. The molecule has 3 aromatic carbocycles. The number of hydrogen-bond donors (Lipinski definition) is 7. The van der Waals surface area contributed by atoms with Crippen LogP contribution in [0.5, 0.6) is 0 Å². The maximum atomic E-state index is 12.5. The summed E-state index contributed by atoms with van der Waals surface area (Å²) in [6.45, 7) is 0. The lowest BCUT2D eigenvalue weighted by Gasteiger charge is -2.33. The van der Waals surface area contributed by atoms with E-state index in [-0.39, 0.29) is 28.4 Å². The van der Waals surface area contributed by atoms with Crippen LogP contribution in [0.1, 0.15) is 0 Å². The molecule has 0 radical (unpaired) electrons. The summed E-state index contributed by atoms with van der Waals surface area (Å²) in [6.07, 6.45) is 0. The Morgan fingerprint density at radius 2 is 1.19 bits per heavy atom. The molecule has 0 saturated heterocycles. The number of nitrogen functional groups attached to an aromatic ring is 6. The normalized spacial score (nSPS) is 10.6. The van der Waals surface area contributed by atoms with Crippen molar-refractivity contribution in [3.05, 3.63) is 53.7 Å². The van der Waals surface area contributed by atoms with Crippen LogP contribution in [0.3, 0.4) is 0 Å². The number of anilines is 8. The molecule has 0 fully saturated rings. The summed E-state index contributed by atoms with van der Waals surface area (Å²) in [5.41, 5.74) is 41.7. The van der Waals surface area contributed by atoms with E-state index in [1.165, 1.54) is 12.1 Å². The fraction of sp³-hybridized carbons (Fsp3) is 0. The minimum Gasteiger partial charge on any atom is -0.739 e. The van der Waals surface area contributed by atoms with Gasteiger partial charge < -0.3 is 50.2 Å². The molecule has 13 N–H and O–H groups in total. The van der Waals surface area contributed by atoms with E-state index >= 15 is 0 Å². The van der Waals surface area contributed by atoms with Gasteiger partial charge in [-0.2, -0.15) is 0 Å². The number of benzene rings is 3. The smallest absolute Gasteiger partial charge is 0.0994 e. The summed E-state index contributed by atoms with van der Waals surface area (Å²) < 4.78 is 0. The number of nitrogens with one attached hydrogen (secondary N) is 1. The molecule has 0 heterocycles. The Bertz CT molecular complexity index is 941. The Morgan fingerprint density at radius 1 is 0.667 bits per heavy atom. The van der Waals surface area contributed by atoms with Gasteiger partial charge in [0.25, 0.3) is 0 Å². The van der Waals surface area contributed by atoms with E-state index in [4.69, 9.17) is 34.4 Å². The highest BCUT2D eigenvalue weighted by atomic mass is 16.5. The average molecular weight is 365 g/mol. The number of hydrazine groups is 1. The molecule has 0 spiro atoms. The molecule has 0 aliphatic carbocycles. The molecule has 0 unspecified atom stereocenters. The summed E-state index contributed by atoms with van der Waals surface area (Å²) in [5.74, 6) is 0. The summed E-state index contributed by atoms with van der Waals surface area (Å²) in [4.78, 5) is 0. The van der Waals surface area contributed by atoms with E-state index in [9.17, 15) is 5.21 Å². The van der Waals surface area contributed by atoms with Gasteiger partial charge in [0.05, 0.1) is 34.1 Å². The quantitative estimate of drug-likeness (QED) is 0.268. The van der Waals surface area contributed by atoms with Gasteiger partial charge in [0, 0.05) is 11.4 Å². The molecule has 0 bridgehead atoms. The lowest BCUT2D eigenvalue weighted by atomic mass is 10.0. The van der Waals surface area contributed by atoms with E-state index in [0.717, 1.165) is 11.1 Å². The largest absolute Gasteiger partial charge is 0.739 e. The highest BCUT2D eigenvalue weighted by Crippen LogP contribution is 2.35. The van der Waals surface area contributed by atoms with E-state index in [2.05, 4.69) is 5.43 Å². The topological polar surface area (TPSA) is 194 Å². The minimum atomic E-state index is 0.167. The number of hydrogen-bond acceptors (Lipinski definition) is 9. The monoisotopic (exact) mass is 365 g/mol. The van der Waals surface area contributed by atoms with Crippen LogP contribution in [0.2, 0.25) is 0 Å². The average Bonchev–Trinajstić information content (AvgIpc) is 2.62. The van der Waals surface area contributed by atoms with Crippen LogP contribution in [0.4, 0.5) is 45.5 Å². The maximum absolute atomic E-state index is 12.5. The molecule has 0 amide bonds. The molecule has 3 aromatic rings. The molecule has 27 heavy (non-hydrogen) atoms. The Hall–Kier alpha value is -3.98. The van der Waals surface area contributed by atoms with Crippen LogP contribution in [-0.4, -0.2) is 0 Å². The predicted molar refractivity (Wildman–Crippen MR) is 114 cm³/mol. The van der Waals surface area contributed by atoms with Crippen molar-refractivity contribution in [2.75, 3.05) is 45.0 Å². The third kappa shape index (κ3) is 3.53. The van der Waals surface area contributed by atoms with Gasteiger partial charge in [-0.25, -0.2) is 0 Å². The van der Waals surface area contributed by atoms with E-state index < -0.39 is 0 Å². The van der Waals surface area contributed by atoms with Crippen LogP contribution < -0.4 is 45.0 Å². The molecular formula is C18H21N8O-. The standard InChI is InChI=1S/C18H21N8O/c19-11-3-1-9(2-4-11)10-5-15(22)18(16(23)6-10)25-26(27)12-7-13(20)17(24)14(21)8-12/h1-8,25H,19-24H2/q-1. The highest BCUT2D eigenvalue weighted by Gasteiger charge is 2.10.